The molecule has 0 saturated carbocycles. The summed E-state index contributed by atoms with van der Waals surface area (Å²) in [6.07, 6.45) is 4.08. The maximum Gasteiger partial charge on any atom is 0.161 e. The van der Waals surface area contributed by atoms with Crippen molar-refractivity contribution in [2.75, 3.05) is 26.5 Å². The Kier molecular flexibility index (Phi) is 4.09. The number of ether oxygens (including phenoxy) is 2. The summed E-state index contributed by atoms with van der Waals surface area (Å²) in [6, 6.07) is 5.86. The van der Waals surface area contributed by atoms with Gasteiger partial charge in [-0.15, -0.1) is 11.8 Å². The number of methoxy groups -OCH3 is 2. The first-order valence-electron chi connectivity index (χ1n) is 5.41. The Bertz CT molecular complexity index is 455. The predicted molar refractivity (Wildman–Crippen MR) is 73.3 cm³/mol. The zero-order valence-corrected chi connectivity index (χ0v) is 10.8. The van der Waals surface area contributed by atoms with E-state index in [2.05, 4.69) is 4.99 Å². The molecule has 0 radical (unpaired) electrons. The maximum absolute atomic E-state index is 5.25. The molecule has 1 heterocycles. The number of hydrogen-bond acceptors (Lipinski definition) is 4. The molecule has 1 aromatic rings. The molecule has 0 aliphatic carbocycles. The van der Waals surface area contributed by atoms with Crippen molar-refractivity contribution in [2.24, 2.45) is 4.99 Å². The van der Waals surface area contributed by atoms with Crippen LogP contribution in [0.5, 0.6) is 11.5 Å². The minimum absolute atomic E-state index is 0.746. The fraction of sp³-hybridized carbons (Fsp3) is 0.308. The van der Waals surface area contributed by atoms with E-state index in [9.17, 15) is 0 Å². The first kappa shape index (κ1) is 12.0. The van der Waals surface area contributed by atoms with E-state index >= 15 is 0 Å². The topological polar surface area (TPSA) is 30.8 Å². The number of thioether (sulfide) groups is 1. The first-order chi connectivity index (χ1) is 8.33. The van der Waals surface area contributed by atoms with Crippen molar-refractivity contribution in [3.63, 3.8) is 0 Å². The number of rotatable bonds is 4. The molecule has 0 N–H and O–H groups in total. The lowest BCUT2D eigenvalue weighted by Crippen LogP contribution is -1.90. The largest absolute Gasteiger partial charge is 0.493 e. The average molecular weight is 249 g/mol. The Morgan fingerprint density at radius 2 is 2.00 bits per heavy atom. The van der Waals surface area contributed by atoms with Crippen molar-refractivity contribution in [2.45, 2.75) is 0 Å². The summed E-state index contributed by atoms with van der Waals surface area (Å²) in [5, 5.41) is 1.10. The van der Waals surface area contributed by atoms with Gasteiger partial charge in [-0.05, 0) is 23.8 Å². The zero-order chi connectivity index (χ0) is 12.1. The quantitative estimate of drug-likeness (QED) is 0.822. The van der Waals surface area contributed by atoms with E-state index < -0.39 is 0 Å². The molecule has 4 heteroatoms. The number of nitrogens with zero attached hydrogens (tertiary/aromatic N) is 1. The Labute approximate surface area is 106 Å². The third-order valence-electron chi connectivity index (χ3n) is 2.43. The molecular weight excluding hydrogens is 234 g/mol. The van der Waals surface area contributed by atoms with Crippen molar-refractivity contribution >= 4 is 22.9 Å². The van der Waals surface area contributed by atoms with E-state index in [0.717, 1.165) is 34.4 Å². The standard InChI is InChI=1S/C13H15NO2S/c1-15-11-5-3-10(9-12(11)16-2)4-6-13-14-7-8-17-13/h3-6,9H,7-8H2,1-2H3/b6-4+. The Balaban J connectivity index is 2.16. The highest BCUT2D eigenvalue weighted by Crippen LogP contribution is 2.28. The van der Waals surface area contributed by atoms with Crippen LogP contribution in [0.2, 0.25) is 0 Å². The highest BCUT2D eigenvalue weighted by molar-refractivity contribution is 8.14. The number of aliphatic imine (C=N–C) groups is 1. The summed E-state index contributed by atoms with van der Waals surface area (Å²) in [5.41, 5.74) is 1.08. The molecule has 0 atom stereocenters. The molecule has 0 saturated heterocycles. The predicted octanol–water partition coefficient (Wildman–Crippen LogP) is 2.86. The van der Waals surface area contributed by atoms with Crippen LogP contribution in [0.15, 0.2) is 29.3 Å². The Hall–Kier alpha value is -1.42. The third-order valence-corrected chi connectivity index (χ3v) is 3.38. The van der Waals surface area contributed by atoms with Crippen molar-refractivity contribution in [1.82, 2.24) is 0 Å². The van der Waals surface area contributed by atoms with Crippen LogP contribution in [0.25, 0.3) is 6.08 Å². The van der Waals surface area contributed by atoms with E-state index in [0.29, 0.717) is 0 Å². The minimum atomic E-state index is 0.746. The van der Waals surface area contributed by atoms with Gasteiger partial charge < -0.3 is 9.47 Å². The van der Waals surface area contributed by atoms with Gasteiger partial charge in [0.1, 0.15) is 0 Å². The van der Waals surface area contributed by atoms with Gasteiger partial charge in [0.25, 0.3) is 0 Å². The van der Waals surface area contributed by atoms with Crippen LogP contribution in [0.3, 0.4) is 0 Å². The van der Waals surface area contributed by atoms with Gasteiger partial charge in [0.15, 0.2) is 11.5 Å². The zero-order valence-electron chi connectivity index (χ0n) is 9.97. The Morgan fingerprint density at radius 1 is 1.18 bits per heavy atom. The van der Waals surface area contributed by atoms with Gasteiger partial charge >= 0.3 is 0 Å². The molecule has 0 spiro atoms. The molecule has 1 aliphatic heterocycles. The fourth-order valence-corrected chi connectivity index (χ4v) is 2.32. The van der Waals surface area contributed by atoms with Crippen LogP contribution < -0.4 is 9.47 Å². The van der Waals surface area contributed by atoms with Crippen LogP contribution in [0.1, 0.15) is 5.56 Å². The fourth-order valence-electron chi connectivity index (χ4n) is 1.58. The first-order valence-corrected chi connectivity index (χ1v) is 6.39. The van der Waals surface area contributed by atoms with Gasteiger partial charge in [0, 0.05) is 12.3 Å². The second kappa shape index (κ2) is 5.77. The van der Waals surface area contributed by atoms with Gasteiger partial charge in [-0.1, -0.05) is 12.1 Å². The van der Waals surface area contributed by atoms with E-state index in [1.165, 1.54) is 0 Å². The maximum atomic E-state index is 5.25. The van der Waals surface area contributed by atoms with E-state index in [1.54, 1.807) is 26.0 Å². The van der Waals surface area contributed by atoms with Gasteiger partial charge in [-0.2, -0.15) is 0 Å². The monoisotopic (exact) mass is 249 g/mol. The van der Waals surface area contributed by atoms with Crippen molar-refractivity contribution in [3.8, 4) is 11.5 Å². The molecule has 2 rings (SSSR count). The summed E-state index contributed by atoms with van der Waals surface area (Å²) in [5.74, 6) is 2.58. The summed E-state index contributed by atoms with van der Waals surface area (Å²) >= 11 is 1.79. The van der Waals surface area contributed by atoms with Crippen LogP contribution in [0, 0.1) is 0 Å². The SMILES string of the molecule is COc1ccc(/C=C/C2=NCCS2)cc1OC. The molecule has 0 fully saturated rings. The smallest absolute Gasteiger partial charge is 0.161 e. The second-order valence-corrected chi connectivity index (χ2v) is 4.63. The second-order valence-electron chi connectivity index (χ2n) is 3.52. The Morgan fingerprint density at radius 3 is 2.65 bits per heavy atom. The average Bonchev–Trinajstić information content (AvgIpc) is 2.89. The molecule has 0 unspecified atom stereocenters. The summed E-state index contributed by atoms with van der Waals surface area (Å²) in [6.45, 7) is 0.927. The number of hydrogen-bond donors (Lipinski definition) is 0. The van der Waals surface area contributed by atoms with E-state index in [4.69, 9.17) is 9.47 Å². The van der Waals surface area contributed by atoms with E-state index in [1.807, 2.05) is 30.4 Å². The molecule has 0 amide bonds. The lowest BCUT2D eigenvalue weighted by molar-refractivity contribution is 0.355. The molecule has 1 aliphatic rings. The molecule has 0 bridgehead atoms. The molecule has 0 aromatic heterocycles. The normalized spacial score (nSPS) is 15.1. The summed E-state index contributed by atoms with van der Waals surface area (Å²) in [7, 11) is 3.28. The van der Waals surface area contributed by atoms with Crippen LogP contribution in [0.4, 0.5) is 0 Å². The summed E-state index contributed by atoms with van der Waals surface area (Å²) < 4.78 is 10.4. The van der Waals surface area contributed by atoms with Crippen molar-refractivity contribution in [3.05, 3.63) is 29.8 Å². The highest BCUT2D eigenvalue weighted by Gasteiger charge is 2.04. The molecule has 90 valence electrons. The lowest BCUT2D eigenvalue weighted by atomic mass is 10.2. The van der Waals surface area contributed by atoms with Crippen molar-refractivity contribution < 1.29 is 9.47 Å². The van der Waals surface area contributed by atoms with Crippen LogP contribution >= 0.6 is 11.8 Å². The molecule has 3 nitrogen and oxygen atoms in total. The lowest BCUT2D eigenvalue weighted by Gasteiger charge is -2.07. The minimum Gasteiger partial charge on any atom is -0.493 e. The van der Waals surface area contributed by atoms with Gasteiger partial charge in [-0.25, -0.2) is 0 Å². The number of benzene rings is 1. The van der Waals surface area contributed by atoms with Crippen molar-refractivity contribution in [1.29, 1.82) is 0 Å². The molecule has 17 heavy (non-hydrogen) atoms. The van der Waals surface area contributed by atoms with Gasteiger partial charge in [-0.3, -0.25) is 4.99 Å². The third kappa shape index (κ3) is 3.03. The van der Waals surface area contributed by atoms with Crippen LogP contribution in [-0.4, -0.2) is 31.6 Å². The summed E-state index contributed by atoms with van der Waals surface area (Å²) in [4.78, 5) is 4.36. The molecular formula is C13H15NO2S. The van der Waals surface area contributed by atoms with Gasteiger partial charge in [0.2, 0.25) is 0 Å². The van der Waals surface area contributed by atoms with Crippen LogP contribution in [-0.2, 0) is 0 Å². The van der Waals surface area contributed by atoms with E-state index in [-0.39, 0.29) is 0 Å². The molecule has 1 aromatic carbocycles. The highest BCUT2D eigenvalue weighted by atomic mass is 32.2. The van der Waals surface area contributed by atoms with Gasteiger partial charge in [0.05, 0.1) is 19.3 Å².